The number of ether oxygens (including phenoxy) is 3. The van der Waals surface area contributed by atoms with Crippen molar-refractivity contribution in [1.29, 1.82) is 0 Å². The molecule has 0 amide bonds. The molecule has 532 valence electrons. The molecule has 0 radical (unpaired) electrons. The first-order valence-corrected chi connectivity index (χ1v) is 39.6. The summed E-state index contributed by atoms with van der Waals surface area (Å²) in [5.41, 5.74) is 0. The van der Waals surface area contributed by atoms with Gasteiger partial charge in [0.05, 0.1) is 26.4 Å². The Labute approximate surface area is 554 Å². The maximum absolute atomic E-state index is 12.9. The van der Waals surface area contributed by atoms with Crippen LogP contribution in [0.1, 0.15) is 329 Å². The molecule has 0 spiro atoms. The fourth-order valence-electron chi connectivity index (χ4n) is 10.2. The smallest absolute Gasteiger partial charge is 0.463 e. The van der Waals surface area contributed by atoms with Gasteiger partial charge in [-0.25, -0.2) is 9.13 Å². The minimum atomic E-state index is -4.91. The zero-order chi connectivity index (χ0) is 66.7. The molecular formula is C73H134O16P2. The lowest BCUT2D eigenvalue weighted by molar-refractivity contribution is -0.161. The lowest BCUT2D eigenvalue weighted by Crippen LogP contribution is -2.30. The molecule has 18 heteroatoms. The first-order chi connectivity index (χ1) is 44.2. The Kier molecular flexibility index (Phi) is 65.2. The number of phosphoric acid groups is 2. The van der Waals surface area contributed by atoms with E-state index in [2.05, 4.69) is 81.5 Å². The Morgan fingerprint density at radius 3 is 0.923 bits per heavy atom. The summed E-state index contributed by atoms with van der Waals surface area (Å²) in [5.74, 6) is -1.55. The molecule has 0 fully saturated rings. The van der Waals surface area contributed by atoms with Crippen molar-refractivity contribution < 1.29 is 75.8 Å². The molecule has 0 saturated carbocycles. The van der Waals surface area contributed by atoms with Crippen LogP contribution in [-0.2, 0) is 55.8 Å². The average Bonchev–Trinajstić information content (AvgIpc) is 3.72. The van der Waals surface area contributed by atoms with E-state index in [9.17, 15) is 43.5 Å². The van der Waals surface area contributed by atoms with Gasteiger partial charge in [-0.3, -0.25) is 32.5 Å². The van der Waals surface area contributed by atoms with E-state index in [4.69, 9.17) is 32.3 Å². The Balaban J connectivity index is 4.37. The molecule has 16 nitrogen and oxygen atoms in total. The number of hydrogen-bond acceptors (Lipinski definition) is 14. The lowest BCUT2D eigenvalue weighted by atomic mass is 10.0. The molecule has 0 heterocycles. The summed E-state index contributed by atoms with van der Waals surface area (Å²) in [4.78, 5) is 58.3. The van der Waals surface area contributed by atoms with Crippen LogP contribution in [0.4, 0.5) is 0 Å². The molecule has 0 rings (SSSR count). The van der Waals surface area contributed by atoms with Crippen LogP contribution >= 0.6 is 15.6 Å². The molecule has 0 saturated heterocycles. The number of carbonyl (C=O) groups excluding carboxylic acids is 3. The zero-order valence-corrected chi connectivity index (χ0v) is 59.6. The van der Waals surface area contributed by atoms with Crippen molar-refractivity contribution in [2.75, 3.05) is 39.6 Å². The lowest BCUT2D eigenvalue weighted by Gasteiger charge is -2.21. The number of phosphoric ester groups is 2. The highest BCUT2D eigenvalue weighted by atomic mass is 31.2. The molecule has 5 atom stereocenters. The van der Waals surface area contributed by atoms with Gasteiger partial charge in [-0.05, 0) is 64.2 Å². The predicted octanol–water partition coefficient (Wildman–Crippen LogP) is 20.5. The normalized spacial score (nSPS) is 14.5. The van der Waals surface area contributed by atoms with Gasteiger partial charge in [0.15, 0.2) is 6.10 Å². The van der Waals surface area contributed by atoms with Crippen LogP contribution in [0.3, 0.4) is 0 Å². The first-order valence-electron chi connectivity index (χ1n) is 36.6. The van der Waals surface area contributed by atoms with Crippen LogP contribution < -0.4 is 0 Å². The highest BCUT2D eigenvalue weighted by Gasteiger charge is 2.29. The van der Waals surface area contributed by atoms with Crippen molar-refractivity contribution in [2.45, 2.75) is 347 Å². The van der Waals surface area contributed by atoms with Crippen LogP contribution in [-0.4, -0.2) is 95.9 Å². The van der Waals surface area contributed by atoms with Gasteiger partial charge in [0.2, 0.25) is 0 Å². The summed E-state index contributed by atoms with van der Waals surface area (Å²) in [6.45, 7) is 2.60. The van der Waals surface area contributed by atoms with Crippen LogP contribution in [0, 0.1) is 0 Å². The summed E-state index contributed by atoms with van der Waals surface area (Å²) < 4.78 is 60.9. The largest absolute Gasteiger partial charge is 0.472 e. The van der Waals surface area contributed by atoms with E-state index in [1.54, 1.807) is 0 Å². The van der Waals surface area contributed by atoms with Crippen LogP contribution in [0.5, 0.6) is 0 Å². The van der Waals surface area contributed by atoms with E-state index in [1.807, 2.05) is 0 Å². The van der Waals surface area contributed by atoms with Crippen molar-refractivity contribution >= 4 is 33.6 Å². The van der Waals surface area contributed by atoms with E-state index < -0.39 is 91.5 Å². The zero-order valence-electron chi connectivity index (χ0n) is 57.8. The summed E-state index contributed by atoms with van der Waals surface area (Å²) in [7, 11) is -9.75. The fraction of sp³-hybridized carbons (Fsp3) is 0.822. The summed E-state index contributed by atoms with van der Waals surface area (Å²) in [5, 5.41) is 20.6. The number of carbonyl (C=O) groups is 3. The second-order valence-electron chi connectivity index (χ2n) is 24.7. The van der Waals surface area contributed by atoms with E-state index in [1.165, 1.54) is 167 Å². The van der Waals surface area contributed by atoms with Crippen LogP contribution in [0.15, 0.2) is 60.8 Å². The first kappa shape index (κ1) is 88.2. The van der Waals surface area contributed by atoms with Crippen molar-refractivity contribution in [3.63, 3.8) is 0 Å². The molecule has 91 heavy (non-hydrogen) atoms. The van der Waals surface area contributed by atoms with Crippen molar-refractivity contribution in [2.24, 2.45) is 0 Å². The molecule has 0 aromatic carbocycles. The number of esters is 3. The summed E-state index contributed by atoms with van der Waals surface area (Å²) >= 11 is 0. The molecule has 5 unspecified atom stereocenters. The monoisotopic (exact) mass is 1330 g/mol. The SMILES string of the molecule is CC/C=C\C/C=C\C/C=C\C/C=C\C/C=C\CCCCCCCCCCCCCCCC(=O)OCC(O)COP(=O)(O)OCC(O)COP(=O)(O)OCC(COC(=O)CCCCCCCCCCCCCCCCC)OC(=O)CCCCCCCCCCCCC. The number of hydrogen-bond donors (Lipinski definition) is 4. The van der Waals surface area contributed by atoms with Gasteiger partial charge in [0.1, 0.15) is 25.4 Å². The topological polar surface area (TPSA) is 231 Å². The molecule has 0 aliphatic heterocycles. The van der Waals surface area contributed by atoms with Gasteiger partial charge in [0.25, 0.3) is 0 Å². The summed E-state index contributed by atoms with van der Waals surface area (Å²) in [6.07, 6.45) is 70.0. The minimum absolute atomic E-state index is 0.113. The Hall–Kier alpha value is -2.75. The van der Waals surface area contributed by atoms with Gasteiger partial charge in [0, 0.05) is 19.3 Å². The highest BCUT2D eigenvalue weighted by molar-refractivity contribution is 7.47. The van der Waals surface area contributed by atoms with E-state index >= 15 is 0 Å². The van der Waals surface area contributed by atoms with E-state index in [0.29, 0.717) is 19.3 Å². The van der Waals surface area contributed by atoms with Gasteiger partial charge in [-0.2, -0.15) is 0 Å². The molecule has 0 aliphatic rings. The maximum Gasteiger partial charge on any atom is 0.472 e. The molecule has 0 aliphatic carbocycles. The predicted molar refractivity (Wildman–Crippen MR) is 372 cm³/mol. The quantitative estimate of drug-likeness (QED) is 0.0146. The maximum atomic E-state index is 12.9. The average molecular weight is 1330 g/mol. The third-order valence-electron chi connectivity index (χ3n) is 15.8. The Morgan fingerprint density at radius 2 is 0.582 bits per heavy atom. The van der Waals surface area contributed by atoms with Gasteiger partial charge in [-0.1, -0.05) is 306 Å². The van der Waals surface area contributed by atoms with E-state index in [0.717, 1.165) is 103 Å². The minimum Gasteiger partial charge on any atom is -0.463 e. The number of allylic oxidation sites excluding steroid dienone is 10. The standard InChI is InChI=1S/C73H134O16P2/c1-4-7-10-13-16-19-22-24-26-27-28-29-30-31-32-33-34-35-36-37-38-39-41-43-45-47-50-53-56-59-71(76)83-62-68(74)63-85-90(79,80)86-64-69(75)65-87-91(81,82)88-67-70(89-73(78)61-58-55-52-49-44-21-18-15-12-9-6-3)66-84-72(77)60-57-54-51-48-46-42-40-25-23-20-17-14-11-8-5-2/h7,10,16,19,24,26,28-29,31-32,68-70,74-75H,4-6,8-9,11-15,17-18,20-23,25,27,30,33-67H2,1-3H3,(H,79,80)(H,81,82)/b10-7-,19-16-,26-24-,29-28-,32-31-. The summed E-state index contributed by atoms with van der Waals surface area (Å²) in [6, 6.07) is 0. The molecular weight excluding hydrogens is 1190 g/mol. The van der Waals surface area contributed by atoms with Gasteiger partial charge >= 0.3 is 33.6 Å². The second-order valence-corrected chi connectivity index (χ2v) is 27.6. The Bertz CT molecular complexity index is 1910. The number of aliphatic hydroxyl groups is 2. The van der Waals surface area contributed by atoms with Gasteiger partial charge < -0.3 is 34.2 Å². The third kappa shape index (κ3) is 68.4. The number of rotatable bonds is 70. The van der Waals surface area contributed by atoms with Crippen molar-refractivity contribution in [3.05, 3.63) is 60.8 Å². The number of aliphatic hydroxyl groups excluding tert-OH is 2. The molecule has 0 aromatic heterocycles. The van der Waals surface area contributed by atoms with Gasteiger partial charge in [-0.15, -0.1) is 0 Å². The van der Waals surface area contributed by atoms with Crippen molar-refractivity contribution in [1.82, 2.24) is 0 Å². The highest BCUT2D eigenvalue weighted by Crippen LogP contribution is 2.45. The van der Waals surface area contributed by atoms with Crippen molar-refractivity contribution in [3.8, 4) is 0 Å². The molecule has 4 N–H and O–H groups in total. The number of unbranched alkanes of at least 4 members (excludes halogenated alkanes) is 37. The van der Waals surface area contributed by atoms with E-state index in [-0.39, 0.29) is 19.3 Å². The third-order valence-corrected chi connectivity index (χ3v) is 17.7. The second kappa shape index (κ2) is 67.2. The molecule has 0 bridgehead atoms. The Morgan fingerprint density at radius 1 is 0.319 bits per heavy atom. The molecule has 0 aromatic rings. The van der Waals surface area contributed by atoms with Crippen LogP contribution in [0.2, 0.25) is 0 Å². The fourth-order valence-corrected chi connectivity index (χ4v) is 11.8. The van der Waals surface area contributed by atoms with Crippen LogP contribution in [0.25, 0.3) is 0 Å².